The topological polar surface area (TPSA) is 17.1 Å². The Kier molecular flexibility index (Phi) is 5.79. The first-order valence-corrected chi connectivity index (χ1v) is 3.29. The van der Waals surface area contributed by atoms with Crippen LogP contribution in [0.4, 0.5) is 0 Å². The van der Waals surface area contributed by atoms with E-state index in [4.69, 9.17) is 11.6 Å². The maximum absolute atomic E-state index is 9.75. The van der Waals surface area contributed by atoms with E-state index in [9.17, 15) is 4.79 Å². The van der Waals surface area contributed by atoms with Gasteiger partial charge < -0.3 is 0 Å². The maximum Gasteiger partial charge on any atom is 0.142 e. The molecule has 1 nitrogen and oxygen atoms in total. The molecule has 0 aliphatic rings. The van der Waals surface area contributed by atoms with Crippen molar-refractivity contribution in [3.8, 4) is 0 Å². The third-order valence-electron chi connectivity index (χ3n) is 0.832. The molecule has 0 bridgehead atoms. The van der Waals surface area contributed by atoms with Gasteiger partial charge in [0.25, 0.3) is 0 Å². The molecule has 54 valence electrons. The Morgan fingerprint density at radius 1 is 1.30 bits per heavy atom. The minimum absolute atomic E-state index is 0.663. The number of hydrogen-bond acceptors (Lipinski definition) is 1. The zero-order valence-electron chi connectivity index (χ0n) is 5.75. The van der Waals surface area contributed by atoms with Gasteiger partial charge in [-0.05, 0) is 19.1 Å². The van der Waals surface area contributed by atoms with Crippen molar-refractivity contribution in [3.63, 3.8) is 0 Å². The number of carbonyl (C=O) groups is 1. The summed E-state index contributed by atoms with van der Waals surface area (Å²) in [4.78, 5) is 9.75. The number of aldehydes is 1. The fraction of sp³-hybridized carbons (Fsp3) is 0.125. The molecule has 0 saturated heterocycles. The van der Waals surface area contributed by atoms with Gasteiger partial charge in [-0.15, -0.1) is 0 Å². The van der Waals surface area contributed by atoms with Crippen LogP contribution in [0, 0.1) is 0 Å². The van der Waals surface area contributed by atoms with Gasteiger partial charge in [-0.1, -0.05) is 29.8 Å². The predicted molar refractivity (Wildman–Crippen MR) is 44.0 cm³/mol. The predicted octanol–water partition coefficient (Wildman–Crippen LogP) is 2.44. The molecule has 0 aliphatic carbocycles. The van der Waals surface area contributed by atoms with Crippen LogP contribution >= 0.6 is 11.6 Å². The summed E-state index contributed by atoms with van der Waals surface area (Å²) in [5.74, 6) is 0. The van der Waals surface area contributed by atoms with Crippen LogP contribution in [0.3, 0.4) is 0 Å². The van der Waals surface area contributed by atoms with Crippen molar-refractivity contribution in [2.24, 2.45) is 0 Å². The average molecular weight is 157 g/mol. The van der Waals surface area contributed by atoms with Gasteiger partial charge in [0, 0.05) is 5.03 Å². The molecular formula is C8H9ClO. The Bertz CT molecular complexity index is 178. The Balaban J connectivity index is 3.77. The molecule has 0 aromatic rings. The van der Waals surface area contributed by atoms with Crippen LogP contribution in [-0.4, -0.2) is 6.29 Å². The minimum atomic E-state index is 0.663. The normalized spacial score (nSPS) is 13.2. The molecule has 0 unspecified atom stereocenters. The molecule has 0 radical (unpaired) electrons. The van der Waals surface area contributed by atoms with Gasteiger partial charge in [0.15, 0.2) is 0 Å². The lowest BCUT2D eigenvalue weighted by Crippen LogP contribution is -1.59. The highest BCUT2D eigenvalue weighted by Crippen LogP contribution is 2.01. The van der Waals surface area contributed by atoms with Crippen LogP contribution in [0.5, 0.6) is 0 Å². The first-order chi connectivity index (χ1) is 4.81. The number of rotatable bonds is 3. The quantitative estimate of drug-likeness (QED) is 0.349. The van der Waals surface area contributed by atoms with Crippen molar-refractivity contribution < 1.29 is 4.79 Å². The molecule has 0 aliphatic heterocycles. The molecule has 0 saturated carbocycles. The highest BCUT2D eigenvalue weighted by molar-refractivity contribution is 6.31. The molecular weight excluding hydrogens is 148 g/mol. The number of halogens is 1. The Morgan fingerprint density at radius 2 is 2.00 bits per heavy atom. The monoisotopic (exact) mass is 156 g/mol. The first-order valence-electron chi connectivity index (χ1n) is 2.91. The molecule has 0 aromatic heterocycles. The highest BCUT2D eigenvalue weighted by Gasteiger charge is 1.75. The van der Waals surface area contributed by atoms with Crippen LogP contribution in [-0.2, 0) is 4.79 Å². The van der Waals surface area contributed by atoms with E-state index >= 15 is 0 Å². The molecule has 10 heavy (non-hydrogen) atoms. The van der Waals surface area contributed by atoms with Gasteiger partial charge in [-0.2, -0.15) is 0 Å². The lowest BCUT2D eigenvalue weighted by atomic mass is 10.4. The van der Waals surface area contributed by atoms with Gasteiger partial charge in [0.05, 0.1) is 0 Å². The molecule has 0 N–H and O–H groups in total. The molecule has 0 heterocycles. The molecule has 0 atom stereocenters. The average Bonchev–Trinajstić information content (AvgIpc) is 1.98. The van der Waals surface area contributed by atoms with E-state index in [1.807, 2.05) is 6.92 Å². The fourth-order valence-electron chi connectivity index (χ4n) is 0.353. The maximum atomic E-state index is 9.75. The van der Waals surface area contributed by atoms with Crippen LogP contribution < -0.4 is 0 Å². The largest absolute Gasteiger partial charge is 0.299 e. The standard InChI is InChI=1S/C8H9ClO/c1-2-8(9)6-4-3-5-7-10/h2-7H,1H3/b5-3+,6-4-,8-2+. The van der Waals surface area contributed by atoms with Gasteiger partial charge in [-0.25, -0.2) is 0 Å². The Morgan fingerprint density at radius 3 is 2.50 bits per heavy atom. The third-order valence-corrected chi connectivity index (χ3v) is 1.18. The summed E-state index contributed by atoms with van der Waals surface area (Å²) in [7, 11) is 0. The number of allylic oxidation sites excluding steroid dienone is 6. The minimum Gasteiger partial charge on any atom is -0.299 e. The summed E-state index contributed by atoms with van der Waals surface area (Å²) < 4.78 is 0. The van der Waals surface area contributed by atoms with Crippen LogP contribution in [0.15, 0.2) is 35.4 Å². The molecule has 0 amide bonds. The molecule has 0 rings (SSSR count). The molecule has 0 aromatic carbocycles. The summed E-state index contributed by atoms with van der Waals surface area (Å²) in [6.45, 7) is 1.84. The van der Waals surface area contributed by atoms with Crippen molar-refractivity contribution in [2.45, 2.75) is 6.92 Å². The zero-order chi connectivity index (χ0) is 7.82. The van der Waals surface area contributed by atoms with E-state index < -0.39 is 0 Å². The summed E-state index contributed by atoms with van der Waals surface area (Å²) in [6, 6.07) is 0. The lowest BCUT2D eigenvalue weighted by Gasteiger charge is -1.79. The van der Waals surface area contributed by atoms with E-state index in [0.717, 1.165) is 0 Å². The number of carbonyl (C=O) groups excluding carboxylic acids is 1. The van der Waals surface area contributed by atoms with Crippen LogP contribution in [0.1, 0.15) is 6.92 Å². The fourth-order valence-corrected chi connectivity index (χ4v) is 0.426. The van der Waals surface area contributed by atoms with E-state index in [1.165, 1.54) is 6.08 Å². The summed E-state index contributed by atoms with van der Waals surface area (Å²) in [5, 5.41) is 0.663. The Hall–Kier alpha value is -0.820. The van der Waals surface area contributed by atoms with E-state index in [1.54, 1.807) is 24.3 Å². The SMILES string of the molecule is C\C=C(Cl)/C=C\C=C\C=O. The van der Waals surface area contributed by atoms with Crippen molar-refractivity contribution in [1.82, 2.24) is 0 Å². The smallest absolute Gasteiger partial charge is 0.142 e. The second kappa shape index (κ2) is 6.30. The molecule has 2 heteroatoms. The van der Waals surface area contributed by atoms with Crippen molar-refractivity contribution >= 4 is 17.9 Å². The second-order valence-corrected chi connectivity index (χ2v) is 1.99. The zero-order valence-corrected chi connectivity index (χ0v) is 6.51. The second-order valence-electron chi connectivity index (χ2n) is 1.55. The highest BCUT2D eigenvalue weighted by atomic mass is 35.5. The Labute approximate surface area is 65.7 Å². The van der Waals surface area contributed by atoms with Crippen molar-refractivity contribution in [1.29, 1.82) is 0 Å². The van der Waals surface area contributed by atoms with Gasteiger partial charge >= 0.3 is 0 Å². The first kappa shape index (κ1) is 9.18. The molecule has 0 fully saturated rings. The van der Waals surface area contributed by atoms with Crippen molar-refractivity contribution in [3.05, 3.63) is 35.4 Å². The van der Waals surface area contributed by atoms with Gasteiger partial charge in [0.2, 0.25) is 0 Å². The van der Waals surface area contributed by atoms with E-state index in [0.29, 0.717) is 11.3 Å². The van der Waals surface area contributed by atoms with Crippen LogP contribution in [0.2, 0.25) is 0 Å². The van der Waals surface area contributed by atoms with Gasteiger partial charge in [-0.3, -0.25) is 4.79 Å². The summed E-state index contributed by atoms with van der Waals surface area (Å²) in [5.41, 5.74) is 0. The van der Waals surface area contributed by atoms with E-state index in [-0.39, 0.29) is 0 Å². The van der Waals surface area contributed by atoms with Crippen molar-refractivity contribution in [2.75, 3.05) is 0 Å². The summed E-state index contributed by atoms with van der Waals surface area (Å²) in [6.07, 6.45) is 8.92. The van der Waals surface area contributed by atoms with Gasteiger partial charge in [0.1, 0.15) is 6.29 Å². The number of hydrogen-bond donors (Lipinski definition) is 0. The van der Waals surface area contributed by atoms with Crippen LogP contribution in [0.25, 0.3) is 0 Å². The van der Waals surface area contributed by atoms with E-state index in [2.05, 4.69) is 0 Å². The third kappa shape index (κ3) is 5.32. The lowest BCUT2D eigenvalue weighted by molar-refractivity contribution is -0.104. The summed E-state index contributed by atoms with van der Waals surface area (Å²) >= 11 is 5.60. The molecule has 0 spiro atoms.